The summed E-state index contributed by atoms with van der Waals surface area (Å²) in [6, 6.07) is 6.71. The molecule has 0 aliphatic rings. The average Bonchev–Trinajstić information content (AvgIpc) is 2.58. The van der Waals surface area contributed by atoms with Crippen molar-refractivity contribution < 1.29 is 39.6 Å². The maximum absolute atomic E-state index is 11.3. The molecular formula is C18H10O8. The molecule has 8 nitrogen and oxygen atoms in total. The van der Waals surface area contributed by atoms with Gasteiger partial charge in [-0.15, -0.1) is 0 Å². The van der Waals surface area contributed by atoms with E-state index < -0.39 is 23.9 Å². The first-order chi connectivity index (χ1) is 12.2. The third-order valence-corrected chi connectivity index (χ3v) is 3.34. The average molecular weight is 354 g/mol. The van der Waals surface area contributed by atoms with Gasteiger partial charge in [-0.3, -0.25) is 0 Å². The van der Waals surface area contributed by atoms with Crippen LogP contribution in [0.5, 0.6) is 0 Å². The highest BCUT2D eigenvalue weighted by Gasteiger charge is 2.17. The van der Waals surface area contributed by atoms with Crippen LogP contribution in [0.2, 0.25) is 0 Å². The molecule has 0 radical (unpaired) electrons. The van der Waals surface area contributed by atoms with Crippen LogP contribution >= 0.6 is 0 Å². The Bertz CT molecular complexity index is 975. The SMILES string of the molecule is O=C(O)c1ccc(C(=O)O)c(C#Cc2c(C(=O)O)cccc2C(=O)O)c1. The molecule has 0 saturated carbocycles. The highest BCUT2D eigenvalue weighted by atomic mass is 16.4. The highest BCUT2D eigenvalue weighted by molar-refractivity contribution is 5.99. The summed E-state index contributed by atoms with van der Waals surface area (Å²) in [7, 11) is 0. The number of carbonyl (C=O) groups is 4. The van der Waals surface area contributed by atoms with Gasteiger partial charge >= 0.3 is 23.9 Å². The maximum Gasteiger partial charge on any atom is 0.336 e. The van der Waals surface area contributed by atoms with Crippen LogP contribution < -0.4 is 0 Å². The molecule has 0 atom stereocenters. The molecule has 130 valence electrons. The first kappa shape index (κ1) is 18.2. The van der Waals surface area contributed by atoms with Crippen molar-refractivity contribution in [1.82, 2.24) is 0 Å². The van der Waals surface area contributed by atoms with Gasteiger partial charge in [0.25, 0.3) is 0 Å². The Morgan fingerprint density at radius 2 is 1.19 bits per heavy atom. The number of hydrogen-bond acceptors (Lipinski definition) is 4. The summed E-state index contributed by atoms with van der Waals surface area (Å²) in [6.07, 6.45) is 0. The van der Waals surface area contributed by atoms with Gasteiger partial charge in [0, 0.05) is 5.56 Å². The van der Waals surface area contributed by atoms with Crippen LogP contribution in [0, 0.1) is 11.8 Å². The van der Waals surface area contributed by atoms with Gasteiger partial charge < -0.3 is 20.4 Å². The van der Waals surface area contributed by atoms with Gasteiger partial charge in [0.2, 0.25) is 0 Å². The fraction of sp³-hybridized carbons (Fsp3) is 0. The second kappa shape index (κ2) is 7.19. The Kier molecular flexibility index (Phi) is 5.04. The lowest BCUT2D eigenvalue weighted by molar-refractivity contribution is 0.0681. The van der Waals surface area contributed by atoms with Crippen molar-refractivity contribution in [3.05, 3.63) is 69.8 Å². The quantitative estimate of drug-likeness (QED) is 0.608. The standard InChI is InChI=1S/C18H10O8/c19-15(20)10-5-6-11(16(21)22)9(8-10)4-7-12-13(17(23)24)2-1-3-14(12)18(25)26/h1-3,5-6,8H,(H,19,20)(H,21,22)(H,23,24)(H,25,26). The van der Waals surface area contributed by atoms with E-state index in [9.17, 15) is 34.5 Å². The maximum atomic E-state index is 11.3. The van der Waals surface area contributed by atoms with Crippen molar-refractivity contribution in [2.24, 2.45) is 0 Å². The zero-order valence-electron chi connectivity index (χ0n) is 12.9. The van der Waals surface area contributed by atoms with Crippen LogP contribution in [-0.4, -0.2) is 44.3 Å². The molecule has 8 heteroatoms. The summed E-state index contributed by atoms with van der Waals surface area (Å²) in [4.78, 5) is 44.9. The lowest BCUT2D eigenvalue weighted by Crippen LogP contribution is -2.08. The lowest BCUT2D eigenvalue weighted by atomic mass is 9.99. The Hall–Kier alpha value is -4.12. The summed E-state index contributed by atoms with van der Waals surface area (Å²) in [5.74, 6) is -0.753. The Morgan fingerprint density at radius 3 is 1.65 bits per heavy atom. The molecular weight excluding hydrogens is 344 g/mol. The molecule has 0 aliphatic carbocycles. The summed E-state index contributed by atoms with van der Waals surface area (Å²) in [6.45, 7) is 0. The van der Waals surface area contributed by atoms with Crippen molar-refractivity contribution in [3.8, 4) is 11.8 Å². The normalized spacial score (nSPS) is 9.69. The monoisotopic (exact) mass is 354 g/mol. The number of aromatic carboxylic acids is 4. The lowest BCUT2D eigenvalue weighted by Gasteiger charge is -2.04. The molecule has 0 bridgehead atoms. The summed E-state index contributed by atoms with van der Waals surface area (Å²) in [5.41, 5.74) is -1.76. The second-order valence-corrected chi connectivity index (χ2v) is 4.96. The first-order valence-corrected chi connectivity index (χ1v) is 6.94. The third-order valence-electron chi connectivity index (χ3n) is 3.34. The fourth-order valence-electron chi connectivity index (χ4n) is 2.14. The van der Waals surface area contributed by atoms with Gasteiger partial charge in [-0.05, 0) is 30.3 Å². The van der Waals surface area contributed by atoms with Crippen molar-refractivity contribution in [1.29, 1.82) is 0 Å². The largest absolute Gasteiger partial charge is 0.478 e. The van der Waals surface area contributed by atoms with Crippen LogP contribution in [0.25, 0.3) is 0 Å². The molecule has 2 aromatic carbocycles. The van der Waals surface area contributed by atoms with Crippen LogP contribution in [0.1, 0.15) is 52.6 Å². The van der Waals surface area contributed by atoms with Gasteiger partial charge in [-0.25, -0.2) is 19.2 Å². The number of benzene rings is 2. The number of carboxylic acids is 4. The Balaban J connectivity index is 2.72. The topological polar surface area (TPSA) is 149 Å². The molecule has 0 spiro atoms. The first-order valence-electron chi connectivity index (χ1n) is 6.94. The van der Waals surface area contributed by atoms with Gasteiger partial charge in [-0.1, -0.05) is 17.9 Å². The number of hydrogen-bond donors (Lipinski definition) is 4. The molecule has 0 heterocycles. The van der Waals surface area contributed by atoms with E-state index in [0.717, 1.165) is 30.3 Å². The molecule has 0 unspecified atom stereocenters. The molecule has 26 heavy (non-hydrogen) atoms. The minimum Gasteiger partial charge on any atom is -0.478 e. The molecule has 0 aliphatic heterocycles. The summed E-state index contributed by atoms with van der Waals surface area (Å²) < 4.78 is 0. The van der Waals surface area contributed by atoms with E-state index in [2.05, 4.69) is 11.8 Å². The molecule has 0 amide bonds. The van der Waals surface area contributed by atoms with Crippen LogP contribution in [0.3, 0.4) is 0 Å². The predicted octanol–water partition coefficient (Wildman–Crippen LogP) is 1.88. The number of rotatable bonds is 4. The molecule has 2 aromatic rings. The molecule has 2 rings (SSSR count). The minimum atomic E-state index is -1.41. The summed E-state index contributed by atoms with van der Waals surface area (Å²) in [5, 5.41) is 36.6. The van der Waals surface area contributed by atoms with Gasteiger partial charge in [0.15, 0.2) is 0 Å². The minimum absolute atomic E-state index is 0.186. The van der Waals surface area contributed by atoms with Crippen molar-refractivity contribution in [2.45, 2.75) is 0 Å². The van der Waals surface area contributed by atoms with E-state index >= 15 is 0 Å². The fourth-order valence-corrected chi connectivity index (χ4v) is 2.14. The van der Waals surface area contributed by atoms with E-state index in [1.807, 2.05) is 0 Å². The Morgan fingerprint density at radius 1 is 0.654 bits per heavy atom. The van der Waals surface area contributed by atoms with Crippen LogP contribution in [-0.2, 0) is 0 Å². The number of carboxylic acid groups (broad SMARTS) is 4. The molecule has 0 saturated heterocycles. The zero-order chi connectivity index (χ0) is 19.4. The van der Waals surface area contributed by atoms with Crippen LogP contribution in [0.4, 0.5) is 0 Å². The smallest absolute Gasteiger partial charge is 0.336 e. The van der Waals surface area contributed by atoms with E-state index in [-0.39, 0.29) is 33.4 Å². The zero-order valence-corrected chi connectivity index (χ0v) is 12.9. The van der Waals surface area contributed by atoms with Crippen molar-refractivity contribution in [3.63, 3.8) is 0 Å². The van der Waals surface area contributed by atoms with Gasteiger partial charge in [-0.2, -0.15) is 0 Å². The van der Waals surface area contributed by atoms with E-state index in [4.69, 9.17) is 5.11 Å². The van der Waals surface area contributed by atoms with Crippen molar-refractivity contribution in [2.75, 3.05) is 0 Å². The summed E-state index contributed by atoms with van der Waals surface area (Å²) >= 11 is 0. The third kappa shape index (κ3) is 3.68. The Labute approximate surface area is 146 Å². The van der Waals surface area contributed by atoms with E-state index in [1.165, 1.54) is 6.07 Å². The van der Waals surface area contributed by atoms with Gasteiger partial charge in [0.1, 0.15) is 0 Å². The van der Waals surface area contributed by atoms with E-state index in [0.29, 0.717) is 0 Å². The molecule has 4 N–H and O–H groups in total. The predicted molar refractivity (Wildman–Crippen MR) is 86.7 cm³/mol. The van der Waals surface area contributed by atoms with Crippen LogP contribution in [0.15, 0.2) is 36.4 Å². The van der Waals surface area contributed by atoms with Gasteiger partial charge in [0.05, 0.1) is 27.8 Å². The second-order valence-electron chi connectivity index (χ2n) is 4.96. The van der Waals surface area contributed by atoms with Crippen molar-refractivity contribution >= 4 is 23.9 Å². The van der Waals surface area contributed by atoms with E-state index in [1.54, 1.807) is 0 Å². The highest BCUT2D eigenvalue weighted by Crippen LogP contribution is 2.16. The molecule has 0 aromatic heterocycles. The molecule has 0 fully saturated rings.